The topological polar surface area (TPSA) is 141 Å². The highest BCUT2D eigenvalue weighted by Gasteiger charge is 2.55. The molecule has 318 valence electrons. The summed E-state index contributed by atoms with van der Waals surface area (Å²) in [5.41, 5.74) is 14.8. The van der Waals surface area contributed by atoms with Crippen LogP contribution in [0.5, 0.6) is 0 Å². The second-order valence-corrected chi connectivity index (χ2v) is 15.1. The van der Waals surface area contributed by atoms with E-state index in [2.05, 4.69) is 10.0 Å². The van der Waals surface area contributed by atoms with E-state index in [1.807, 2.05) is 152 Å². The highest BCUT2D eigenvalue weighted by atomic mass is 16.8. The van der Waals surface area contributed by atoms with Crippen molar-refractivity contribution in [3.8, 4) is 0 Å². The molecule has 0 spiro atoms. The number of nitrogens with zero attached hydrogens (tertiary/aromatic N) is 3. The molecule has 0 saturated carbocycles. The molecule has 0 radical (unpaired) electrons. The summed E-state index contributed by atoms with van der Waals surface area (Å²) in [5, 5.41) is 4.27. The Bertz CT molecular complexity index is 2080. The van der Waals surface area contributed by atoms with Crippen LogP contribution < -0.4 is 0 Å². The van der Waals surface area contributed by atoms with E-state index < -0.39 is 67.6 Å². The van der Waals surface area contributed by atoms with Gasteiger partial charge in [0.15, 0.2) is 18.9 Å². The van der Waals surface area contributed by atoms with Gasteiger partial charge in [-0.15, -0.1) is 0 Å². The van der Waals surface area contributed by atoms with Gasteiger partial charge in [-0.05, 0) is 27.8 Å². The van der Waals surface area contributed by atoms with E-state index >= 15 is 0 Å². The first-order valence-electron chi connectivity index (χ1n) is 20.6. The predicted molar refractivity (Wildman–Crippen MR) is 223 cm³/mol. The van der Waals surface area contributed by atoms with Gasteiger partial charge >= 0.3 is 0 Å². The van der Waals surface area contributed by atoms with Crippen molar-refractivity contribution in [1.82, 2.24) is 0 Å². The maximum atomic E-state index is 10.1. The molecule has 0 amide bonds. The molecule has 1 unspecified atom stereocenters. The molecule has 0 aliphatic carbocycles. The maximum absolute atomic E-state index is 10.1. The third kappa shape index (κ3) is 11.1. The van der Waals surface area contributed by atoms with E-state index in [0.29, 0.717) is 6.61 Å². The fourth-order valence-corrected chi connectivity index (χ4v) is 7.88. The van der Waals surface area contributed by atoms with E-state index in [0.717, 1.165) is 27.8 Å². The first kappa shape index (κ1) is 42.7. The van der Waals surface area contributed by atoms with Crippen LogP contribution in [0.2, 0.25) is 0 Å². The van der Waals surface area contributed by atoms with Crippen LogP contribution in [0.4, 0.5) is 0 Å². The molecule has 3 fully saturated rings. The van der Waals surface area contributed by atoms with Crippen LogP contribution in [0.1, 0.15) is 34.1 Å². The predicted octanol–water partition coefficient (Wildman–Crippen LogP) is 8.23. The molecule has 0 bridgehead atoms. The first-order valence-corrected chi connectivity index (χ1v) is 20.6. The summed E-state index contributed by atoms with van der Waals surface area (Å²) >= 11 is 0. The molecular weight excluding hydrogens is 779 g/mol. The zero-order valence-electron chi connectivity index (χ0n) is 34.0. The van der Waals surface area contributed by atoms with E-state index in [-0.39, 0.29) is 33.0 Å². The number of hydrogen-bond donors (Lipinski definition) is 0. The van der Waals surface area contributed by atoms with E-state index in [1.165, 1.54) is 0 Å². The largest absolute Gasteiger partial charge is 0.374 e. The zero-order valence-corrected chi connectivity index (χ0v) is 34.0. The van der Waals surface area contributed by atoms with Crippen LogP contribution in [-0.2, 0) is 73.8 Å². The molecule has 11 atom stereocenters. The summed E-state index contributed by atoms with van der Waals surface area (Å²) in [6, 6.07) is 48.1. The van der Waals surface area contributed by atoms with Gasteiger partial charge in [-0.1, -0.05) is 157 Å². The van der Waals surface area contributed by atoms with Crippen LogP contribution in [-0.4, -0.2) is 81.7 Å². The minimum absolute atomic E-state index is 0.157. The Morgan fingerprint density at radius 2 is 1.08 bits per heavy atom. The van der Waals surface area contributed by atoms with Crippen LogP contribution in [0, 0.1) is 0 Å². The average molecular weight is 830 g/mol. The zero-order chi connectivity index (χ0) is 41.6. The van der Waals surface area contributed by atoms with Gasteiger partial charge in [0.2, 0.25) is 0 Å². The van der Waals surface area contributed by atoms with Gasteiger partial charge in [-0.2, -0.15) is 0 Å². The summed E-state index contributed by atoms with van der Waals surface area (Å²) in [7, 11) is 1.54. The second-order valence-electron chi connectivity index (χ2n) is 15.1. The Morgan fingerprint density at radius 1 is 0.574 bits per heavy atom. The summed E-state index contributed by atoms with van der Waals surface area (Å²) in [6.45, 7) is 1.40. The maximum Gasteiger partial charge on any atom is 0.186 e. The lowest BCUT2D eigenvalue weighted by Crippen LogP contribution is -2.66. The van der Waals surface area contributed by atoms with Crippen molar-refractivity contribution >= 4 is 0 Å². The minimum Gasteiger partial charge on any atom is -0.374 e. The van der Waals surface area contributed by atoms with Crippen molar-refractivity contribution in [3.05, 3.63) is 190 Å². The van der Waals surface area contributed by atoms with Gasteiger partial charge < -0.3 is 47.4 Å². The van der Waals surface area contributed by atoms with E-state index in [1.54, 1.807) is 7.11 Å². The van der Waals surface area contributed by atoms with Gasteiger partial charge in [-0.3, -0.25) is 0 Å². The molecule has 61 heavy (non-hydrogen) atoms. The van der Waals surface area contributed by atoms with E-state index in [4.69, 9.17) is 47.4 Å². The third-order valence-electron chi connectivity index (χ3n) is 10.9. The number of methoxy groups -OCH3 is 1. The van der Waals surface area contributed by atoms with Crippen LogP contribution in [0.25, 0.3) is 10.4 Å². The molecule has 13 heteroatoms. The normalized spacial score (nSPS) is 28.6. The Hall–Kier alpha value is -4.99. The standard InChI is InChI=1S/C48H51N3O10/c1-52-48-45(61-47-40(50-51-49)43(55-29-35-21-11-4-12-22-35)42-39(58-47)32-57-46(60-42)37-25-15-6-16-26-37)44(56-30-36-23-13-5-14-24-36)41(54-28-34-19-9-3-10-20-34)38(59-48)31-53-27-33-17-7-2-8-18-33/h2-26,38-48H,27-32H2,1H3/t38-,39-,40+,41-,42-,43-,44+,45-,46?,47+,48-/m1/s1. The quantitative estimate of drug-likeness (QED) is 0.0482. The van der Waals surface area contributed by atoms with Crippen LogP contribution in [0.15, 0.2) is 157 Å². The Kier molecular flexibility index (Phi) is 15.2. The lowest BCUT2D eigenvalue weighted by atomic mass is 9.94. The number of azide groups is 1. The molecule has 0 N–H and O–H groups in total. The Labute approximate surface area is 355 Å². The second kappa shape index (κ2) is 21.7. The van der Waals surface area contributed by atoms with Gasteiger partial charge in [-0.25, -0.2) is 0 Å². The summed E-state index contributed by atoms with van der Waals surface area (Å²) in [6.07, 6.45) is -8.13. The van der Waals surface area contributed by atoms with Crippen molar-refractivity contribution in [1.29, 1.82) is 0 Å². The molecule has 5 aromatic carbocycles. The molecule has 3 heterocycles. The Balaban J connectivity index is 1.11. The minimum atomic E-state index is -1.17. The van der Waals surface area contributed by atoms with Crippen molar-refractivity contribution in [2.75, 3.05) is 20.3 Å². The van der Waals surface area contributed by atoms with Crippen molar-refractivity contribution < 1.29 is 47.4 Å². The smallest absolute Gasteiger partial charge is 0.186 e. The average Bonchev–Trinajstić information content (AvgIpc) is 3.32. The van der Waals surface area contributed by atoms with Gasteiger partial charge in [0.1, 0.15) is 48.8 Å². The molecule has 8 rings (SSSR count). The van der Waals surface area contributed by atoms with E-state index in [9.17, 15) is 5.53 Å². The SMILES string of the molecule is CO[C@@H]1O[C@H](COCc2ccccc2)[C@@H](OCc2ccccc2)[C@H](OCc2ccccc2)[C@H]1O[C@@H]1O[C@@H]2COC(c3ccccc3)O[C@H]2[C@H](OCc2ccccc2)[C@@H]1N=[N+]=[N-]. The molecule has 13 nitrogen and oxygen atoms in total. The molecule has 5 aromatic rings. The number of ether oxygens (including phenoxy) is 10. The van der Waals surface area contributed by atoms with Gasteiger partial charge in [0.25, 0.3) is 0 Å². The summed E-state index contributed by atoms with van der Waals surface area (Å²) in [4.78, 5) is 3.27. The Morgan fingerprint density at radius 3 is 1.62 bits per heavy atom. The molecule has 3 aliphatic rings. The van der Waals surface area contributed by atoms with Gasteiger partial charge in [0, 0.05) is 17.6 Å². The summed E-state index contributed by atoms with van der Waals surface area (Å²) in [5.74, 6) is 0. The highest BCUT2D eigenvalue weighted by molar-refractivity contribution is 5.19. The lowest BCUT2D eigenvalue weighted by Gasteiger charge is -2.51. The number of fused-ring (bicyclic) bond motifs is 1. The molecule has 3 saturated heterocycles. The first-order chi connectivity index (χ1) is 30.2. The number of hydrogen-bond acceptors (Lipinski definition) is 11. The molecule has 3 aliphatic heterocycles. The highest BCUT2D eigenvalue weighted by Crippen LogP contribution is 2.39. The molecule has 0 aromatic heterocycles. The number of benzene rings is 5. The summed E-state index contributed by atoms with van der Waals surface area (Å²) < 4.78 is 65.8. The lowest BCUT2D eigenvalue weighted by molar-refractivity contribution is -0.382. The van der Waals surface area contributed by atoms with Crippen LogP contribution >= 0.6 is 0 Å². The van der Waals surface area contributed by atoms with Crippen molar-refractivity contribution in [2.24, 2.45) is 5.11 Å². The number of rotatable bonds is 18. The van der Waals surface area contributed by atoms with Crippen molar-refractivity contribution in [2.45, 2.75) is 94.1 Å². The van der Waals surface area contributed by atoms with Crippen molar-refractivity contribution in [3.63, 3.8) is 0 Å². The monoisotopic (exact) mass is 829 g/mol. The van der Waals surface area contributed by atoms with Crippen LogP contribution in [0.3, 0.4) is 0 Å². The van der Waals surface area contributed by atoms with Gasteiger partial charge in [0.05, 0.1) is 39.6 Å². The fraction of sp³-hybridized carbons (Fsp3) is 0.375. The third-order valence-corrected chi connectivity index (χ3v) is 10.9. The molecular formula is C48H51N3O10. The fourth-order valence-electron chi connectivity index (χ4n) is 7.88.